The van der Waals surface area contributed by atoms with Crippen LogP contribution in [-0.2, 0) is 9.84 Å². The van der Waals surface area contributed by atoms with Crippen molar-refractivity contribution in [3.63, 3.8) is 0 Å². The molecule has 2 atom stereocenters. The summed E-state index contributed by atoms with van der Waals surface area (Å²) in [7, 11) is -3.14. The van der Waals surface area contributed by atoms with Crippen molar-refractivity contribution in [3.8, 4) is 0 Å². The summed E-state index contributed by atoms with van der Waals surface area (Å²) in [5, 5.41) is 9.74. The molecule has 1 aromatic carbocycles. The summed E-state index contributed by atoms with van der Waals surface area (Å²) in [5.41, 5.74) is 5.69. The van der Waals surface area contributed by atoms with Crippen molar-refractivity contribution in [3.05, 3.63) is 24.3 Å². The summed E-state index contributed by atoms with van der Waals surface area (Å²) in [6, 6.07) is 6.96. The topological polar surface area (TPSA) is 80.4 Å². The first kappa shape index (κ1) is 15.8. The number of hydrogen-bond donors (Lipinski definition) is 2. The lowest BCUT2D eigenvalue weighted by atomic mass is 9.83. The summed E-state index contributed by atoms with van der Waals surface area (Å²) >= 11 is 1.72. The first-order valence-corrected chi connectivity index (χ1v) is 9.46. The maximum Gasteiger partial charge on any atom is 0.175 e. The standard InChI is InChI=1S/C14H21NO3S2/c1-20(17,18)13-6-4-11(5-7-13)19-12-3-2-8-14(15,9-12)10-16/h4-7,12,16H,2-3,8-10,15H2,1H3. The van der Waals surface area contributed by atoms with Crippen LogP contribution in [0, 0.1) is 0 Å². The molecule has 6 heteroatoms. The van der Waals surface area contributed by atoms with Gasteiger partial charge in [0.2, 0.25) is 0 Å². The van der Waals surface area contributed by atoms with Crippen LogP contribution in [0.25, 0.3) is 0 Å². The molecule has 0 saturated heterocycles. The highest BCUT2D eigenvalue weighted by Gasteiger charge is 2.32. The van der Waals surface area contributed by atoms with Crippen molar-refractivity contribution in [2.75, 3.05) is 12.9 Å². The highest BCUT2D eigenvalue weighted by molar-refractivity contribution is 8.00. The number of nitrogens with two attached hydrogens (primary N) is 1. The van der Waals surface area contributed by atoms with Crippen molar-refractivity contribution in [2.45, 2.75) is 46.3 Å². The Labute approximate surface area is 124 Å². The van der Waals surface area contributed by atoms with Crippen molar-refractivity contribution in [1.29, 1.82) is 0 Å². The van der Waals surface area contributed by atoms with Gasteiger partial charge in [0.15, 0.2) is 9.84 Å². The van der Waals surface area contributed by atoms with E-state index in [1.807, 2.05) is 12.1 Å². The van der Waals surface area contributed by atoms with Gasteiger partial charge in [-0.25, -0.2) is 8.42 Å². The van der Waals surface area contributed by atoms with Crippen molar-refractivity contribution in [1.82, 2.24) is 0 Å². The molecule has 0 aromatic heterocycles. The van der Waals surface area contributed by atoms with Crippen LogP contribution in [0.3, 0.4) is 0 Å². The number of aliphatic hydroxyl groups is 1. The van der Waals surface area contributed by atoms with Gasteiger partial charge in [0, 0.05) is 21.9 Å². The molecule has 2 unspecified atom stereocenters. The number of aliphatic hydroxyl groups excluding tert-OH is 1. The van der Waals surface area contributed by atoms with Gasteiger partial charge in [0.1, 0.15) is 0 Å². The predicted molar refractivity (Wildman–Crippen MR) is 81.7 cm³/mol. The van der Waals surface area contributed by atoms with Crippen LogP contribution in [0.1, 0.15) is 25.7 Å². The highest BCUT2D eigenvalue weighted by atomic mass is 32.2. The monoisotopic (exact) mass is 315 g/mol. The third-order valence-corrected chi connectivity index (χ3v) is 6.11. The van der Waals surface area contributed by atoms with Crippen molar-refractivity contribution < 1.29 is 13.5 Å². The van der Waals surface area contributed by atoms with Crippen LogP contribution in [0.2, 0.25) is 0 Å². The number of sulfone groups is 1. The lowest BCUT2D eigenvalue weighted by Crippen LogP contribution is -2.48. The molecule has 0 heterocycles. The number of benzene rings is 1. The van der Waals surface area contributed by atoms with E-state index in [1.165, 1.54) is 6.26 Å². The van der Waals surface area contributed by atoms with Crippen LogP contribution < -0.4 is 5.73 Å². The minimum atomic E-state index is -3.14. The Morgan fingerprint density at radius 2 is 2.05 bits per heavy atom. The largest absolute Gasteiger partial charge is 0.394 e. The maximum absolute atomic E-state index is 11.4. The van der Waals surface area contributed by atoms with Gasteiger partial charge in [0.05, 0.1) is 11.5 Å². The minimum absolute atomic E-state index is 0.0249. The van der Waals surface area contributed by atoms with E-state index in [0.717, 1.165) is 30.6 Å². The summed E-state index contributed by atoms with van der Waals surface area (Å²) in [4.78, 5) is 1.39. The van der Waals surface area contributed by atoms with E-state index < -0.39 is 15.4 Å². The fraction of sp³-hybridized carbons (Fsp3) is 0.571. The van der Waals surface area contributed by atoms with Crippen molar-refractivity contribution >= 4 is 21.6 Å². The molecule has 20 heavy (non-hydrogen) atoms. The van der Waals surface area contributed by atoms with Crippen LogP contribution >= 0.6 is 11.8 Å². The Morgan fingerprint density at radius 3 is 2.60 bits per heavy atom. The Hall–Kier alpha value is -0.560. The second kappa shape index (κ2) is 6.05. The number of rotatable bonds is 4. The fourth-order valence-electron chi connectivity index (χ4n) is 2.54. The van der Waals surface area contributed by atoms with E-state index >= 15 is 0 Å². The summed E-state index contributed by atoms with van der Waals surface area (Å²) in [6.07, 6.45) is 4.98. The third-order valence-electron chi connectivity index (χ3n) is 3.70. The Bertz CT molecular complexity index is 556. The van der Waals surface area contributed by atoms with E-state index in [-0.39, 0.29) is 6.61 Å². The maximum atomic E-state index is 11.4. The van der Waals surface area contributed by atoms with Crippen LogP contribution in [-0.4, -0.2) is 37.2 Å². The zero-order valence-electron chi connectivity index (χ0n) is 11.6. The van der Waals surface area contributed by atoms with Crippen LogP contribution in [0.4, 0.5) is 0 Å². The molecule has 1 aromatic rings. The molecule has 112 valence electrons. The second-order valence-electron chi connectivity index (χ2n) is 5.60. The highest BCUT2D eigenvalue weighted by Crippen LogP contribution is 2.37. The van der Waals surface area contributed by atoms with E-state index in [1.54, 1.807) is 23.9 Å². The third kappa shape index (κ3) is 3.97. The molecule has 1 saturated carbocycles. The molecule has 3 N–H and O–H groups in total. The summed E-state index contributed by atoms with van der Waals surface area (Å²) in [6.45, 7) is 0.0249. The van der Waals surface area contributed by atoms with E-state index in [2.05, 4.69) is 0 Å². The zero-order chi connectivity index (χ0) is 14.8. The smallest absolute Gasteiger partial charge is 0.175 e. The SMILES string of the molecule is CS(=O)(=O)c1ccc(SC2CCCC(N)(CO)C2)cc1. The lowest BCUT2D eigenvalue weighted by molar-refractivity contribution is 0.159. The van der Waals surface area contributed by atoms with Gasteiger partial charge in [-0.05, 0) is 43.5 Å². The average Bonchev–Trinajstić information content (AvgIpc) is 2.38. The van der Waals surface area contributed by atoms with Gasteiger partial charge in [-0.2, -0.15) is 0 Å². The molecule has 1 aliphatic carbocycles. The molecule has 1 aliphatic rings. The van der Waals surface area contributed by atoms with Crippen LogP contribution in [0.15, 0.2) is 34.1 Å². The molecule has 0 bridgehead atoms. The Morgan fingerprint density at radius 1 is 1.40 bits per heavy atom. The molecular formula is C14H21NO3S2. The van der Waals surface area contributed by atoms with Gasteiger partial charge >= 0.3 is 0 Å². The molecule has 4 nitrogen and oxygen atoms in total. The zero-order valence-corrected chi connectivity index (χ0v) is 13.2. The first-order valence-electron chi connectivity index (χ1n) is 6.69. The molecule has 0 aliphatic heterocycles. The second-order valence-corrected chi connectivity index (χ2v) is 8.99. The first-order chi connectivity index (χ1) is 9.32. The molecule has 0 spiro atoms. The van der Waals surface area contributed by atoms with E-state index in [0.29, 0.717) is 10.1 Å². The summed E-state index contributed by atoms with van der Waals surface area (Å²) in [5.74, 6) is 0. The Kier molecular flexibility index (Phi) is 4.79. The molecule has 1 fully saturated rings. The lowest BCUT2D eigenvalue weighted by Gasteiger charge is -2.36. The molecular weight excluding hydrogens is 294 g/mol. The fourth-order valence-corrected chi connectivity index (χ4v) is 4.55. The minimum Gasteiger partial charge on any atom is -0.394 e. The van der Waals surface area contributed by atoms with Crippen molar-refractivity contribution in [2.24, 2.45) is 5.73 Å². The quantitative estimate of drug-likeness (QED) is 0.886. The molecule has 0 amide bonds. The number of hydrogen-bond acceptors (Lipinski definition) is 5. The van der Waals surface area contributed by atoms with E-state index in [9.17, 15) is 13.5 Å². The van der Waals surface area contributed by atoms with Crippen LogP contribution in [0.5, 0.6) is 0 Å². The normalized spacial score (nSPS) is 27.4. The van der Waals surface area contributed by atoms with Gasteiger partial charge in [-0.3, -0.25) is 0 Å². The van der Waals surface area contributed by atoms with Gasteiger partial charge < -0.3 is 10.8 Å². The van der Waals surface area contributed by atoms with Gasteiger partial charge in [-0.15, -0.1) is 11.8 Å². The van der Waals surface area contributed by atoms with Gasteiger partial charge in [0.25, 0.3) is 0 Å². The van der Waals surface area contributed by atoms with E-state index in [4.69, 9.17) is 5.73 Å². The molecule has 0 radical (unpaired) electrons. The predicted octanol–water partition coefficient (Wildman–Crippen LogP) is 1.81. The number of thioether (sulfide) groups is 1. The average molecular weight is 315 g/mol. The van der Waals surface area contributed by atoms with Gasteiger partial charge in [-0.1, -0.05) is 6.42 Å². The Balaban J connectivity index is 2.03. The molecule has 2 rings (SSSR count). The summed E-state index contributed by atoms with van der Waals surface area (Å²) < 4.78 is 22.8.